The van der Waals surface area contributed by atoms with E-state index in [1.807, 2.05) is 0 Å². The van der Waals surface area contributed by atoms with Crippen molar-refractivity contribution < 1.29 is 21.2 Å². The molecular formula is C17H23FN4O4S2. The topological polar surface area (TPSA) is 92.6 Å². The van der Waals surface area contributed by atoms with E-state index in [1.165, 1.54) is 33.0 Å². The van der Waals surface area contributed by atoms with Gasteiger partial charge < -0.3 is 4.57 Å². The number of imidazole rings is 1. The van der Waals surface area contributed by atoms with Crippen molar-refractivity contribution >= 4 is 20.0 Å². The smallest absolute Gasteiger partial charge is 0.262 e. The van der Waals surface area contributed by atoms with Gasteiger partial charge in [0, 0.05) is 45.0 Å². The lowest BCUT2D eigenvalue weighted by molar-refractivity contribution is 0.403. The van der Waals surface area contributed by atoms with Crippen LogP contribution in [0.1, 0.15) is 17.8 Å². The second-order valence-electron chi connectivity index (χ2n) is 6.74. The molecule has 0 amide bonds. The zero-order valence-electron chi connectivity index (χ0n) is 15.7. The number of halogens is 1. The molecule has 0 saturated carbocycles. The van der Waals surface area contributed by atoms with Crippen molar-refractivity contribution in [2.75, 3.05) is 26.2 Å². The van der Waals surface area contributed by atoms with Crippen LogP contribution in [0.5, 0.6) is 0 Å². The molecule has 1 aromatic carbocycles. The van der Waals surface area contributed by atoms with E-state index in [1.54, 1.807) is 24.6 Å². The predicted octanol–water partition coefficient (Wildman–Crippen LogP) is 1.09. The van der Waals surface area contributed by atoms with Crippen molar-refractivity contribution in [2.45, 2.75) is 24.1 Å². The Balaban J connectivity index is 1.75. The maximum Gasteiger partial charge on any atom is 0.262 e. The second kappa shape index (κ2) is 7.90. The third-order valence-electron chi connectivity index (χ3n) is 4.79. The van der Waals surface area contributed by atoms with Crippen LogP contribution in [0.15, 0.2) is 35.5 Å². The zero-order valence-corrected chi connectivity index (χ0v) is 17.4. The Hall–Kier alpha value is -1.82. The molecule has 0 spiro atoms. The summed E-state index contributed by atoms with van der Waals surface area (Å²) in [6.07, 6.45) is 1.80. The van der Waals surface area contributed by atoms with Gasteiger partial charge in [0.2, 0.25) is 10.0 Å². The summed E-state index contributed by atoms with van der Waals surface area (Å²) in [5.41, 5.74) is 0.0974. The fourth-order valence-corrected chi connectivity index (χ4v) is 6.15. The molecule has 8 nitrogen and oxygen atoms in total. The summed E-state index contributed by atoms with van der Waals surface area (Å²) in [7, 11) is -5.86. The van der Waals surface area contributed by atoms with Crippen LogP contribution >= 0.6 is 0 Å². The van der Waals surface area contributed by atoms with Crippen molar-refractivity contribution in [2.24, 2.45) is 7.05 Å². The summed E-state index contributed by atoms with van der Waals surface area (Å²) in [4.78, 5) is 4.08. The Labute approximate surface area is 164 Å². The molecule has 1 aromatic heterocycles. The van der Waals surface area contributed by atoms with E-state index < -0.39 is 31.6 Å². The van der Waals surface area contributed by atoms with Crippen LogP contribution in [0.4, 0.5) is 4.39 Å². The van der Waals surface area contributed by atoms with Gasteiger partial charge in [-0.1, -0.05) is 18.2 Å². The van der Waals surface area contributed by atoms with Crippen LogP contribution in [-0.2, 0) is 32.8 Å². The third-order valence-corrected chi connectivity index (χ3v) is 8.39. The van der Waals surface area contributed by atoms with Crippen LogP contribution in [-0.4, -0.2) is 61.2 Å². The highest BCUT2D eigenvalue weighted by Gasteiger charge is 2.32. The Bertz CT molecular complexity index is 1050. The molecule has 0 radical (unpaired) electrons. The summed E-state index contributed by atoms with van der Waals surface area (Å²) < 4.78 is 69.0. The van der Waals surface area contributed by atoms with Gasteiger partial charge >= 0.3 is 0 Å². The van der Waals surface area contributed by atoms with Gasteiger partial charge in [-0.05, 0) is 19.4 Å². The van der Waals surface area contributed by atoms with Crippen molar-refractivity contribution in [3.63, 3.8) is 0 Å². The number of benzene rings is 1. The van der Waals surface area contributed by atoms with Gasteiger partial charge in [-0.25, -0.2) is 30.5 Å². The maximum absolute atomic E-state index is 13.8. The molecule has 0 bridgehead atoms. The standard InChI is InChI=1S/C17H23FN4O4S2/c1-14-19-17(12-20(14)2)28(25,26)22-9-5-8-21(10-11-22)27(23,24)13-15-6-3-4-7-16(15)18/h3-4,6-7,12H,5,8-11,13H2,1-2H3. The zero-order chi connectivity index (χ0) is 20.5. The largest absolute Gasteiger partial charge is 0.337 e. The molecule has 2 heterocycles. The minimum Gasteiger partial charge on any atom is -0.337 e. The number of aryl methyl sites for hydroxylation is 2. The fourth-order valence-electron chi connectivity index (χ4n) is 3.07. The van der Waals surface area contributed by atoms with Crippen LogP contribution < -0.4 is 0 Å². The predicted molar refractivity (Wildman–Crippen MR) is 102 cm³/mol. The average molecular weight is 431 g/mol. The SMILES string of the molecule is Cc1nc(S(=O)(=O)N2CCCN(S(=O)(=O)Cc3ccccc3F)CC2)cn1C. The molecule has 1 saturated heterocycles. The molecule has 0 aliphatic carbocycles. The molecule has 1 aliphatic heterocycles. The van der Waals surface area contributed by atoms with E-state index >= 15 is 0 Å². The van der Waals surface area contributed by atoms with Crippen molar-refractivity contribution in [1.82, 2.24) is 18.2 Å². The first-order valence-corrected chi connectivity index (χ1v) is 11.9. The highest BCUT2D eigenvalue weighted by molar-refractivity contribution is 7.89. The van der Waals surface area contributed by atoms with E-state index in [-0.39, 0.29) is 36.8 Å². The first-order chi connectivity index (χ1) is 13.1. The van der Waals surface area contributed by atoms with Gasteiger partial charge in [0.15, 0.2) is 5.03 Å². The van der Waals surface area contributed by atoms with Gasteiger partial charge in [0.25, 0.3) is 10.0 Å². The van der Waals surface area contributed by atoms with E-state index in [2.05, 4.69) is 4.98 Å². The molecule has 1 aliphatic rings. The molecule has 0 atom stereocenters. The molecule has 1 fully saturated rings. The van der Waals surface area contributed by atoms with E-state index in [0.29, 0.717) is 12.2 Å². The number of nitrogens with zero attached hydrogens (tertiary/aromatic N) is 4. The van der Waals surface area contributed by atoms with Crippen LogP contribution in [0.25, 0.3) is 0 Å². The molecule has 28 heavy (non-hydrogen) atoms. The minimum atomic E-state index is -3.80. The van der Waals surface area contributed by atoms with Crippen molar-refractivity contribution in [1.29, 1.82) is 0 Å². The number of aromatic nitrogens is 2. The number of sulfonamides is 2. The van der Waals surface area contributed by atoms with E-state index in [0.717, 1.165) is 0 Å². The molecule has 0 unspecified atom stereocenters. The first kappa shape index (κ1) is 20.9. The van der Waals surface area contributed by atoms with Crippen LogP contribution in [0.3, 0.4) is 0 Å². The summed E-state index contributed by atoms with van der Waals surface area (Å²) in [6, 6.07) is 5.74. The van der Waals surface area contributed by atoms with Crippen molar-refractivity contribution in [3.05, 3.63) is 47.7 Å². The Kier molecular flexibility index (Phi) is 5.89. The van der Waals surface area contributed by atoms with Gasteiger partial charge in [0.05, 0.1) is 5.75 Å². The number of hydrogen-bond donors (Lipinski definition) is 0. The molecule has 3 rings (SSSR count). The Morgan fingerprint density at radius 1 is 1.04 bits per heavy atom. The molecule has 154 valence electrons. The molecular weight excluding hydrogens is 407 g/mol. The third kappa shape index (κ3) is 4.27. The minimum absolute atomic E-state index is 0.0157. The van der Waals surface area contributed by atoms with Gasteiger partial charge in [-0.2, -0.15) is 4.31 Å². The van der Waals surface area contributed by atoms with E-state index in [9.17, 15) is 21.2 Å². The summed E-state index contributed by atoms with van der Waals surface area (Å²) in [6.45, 7) is 2.13. The lowest BCUT2D eigenvalue weighted by atomic mass is 10.2. The number of hydrogen-bond acceptors (Lipinski definition) is 5. The van der Waals surface area contributed by atoms with Crippen LogP contribution in [0.2, 0.25) is 0 Å². The van der Waals surface area contributed by atoms with Crippen molar-refractivity contribution in [3.8, 4) is 0 Å². The van der Waals surface area contributed by atoms with Gasteiger partial charge in [-0.15, -0.1) is 0 Å². The maximum atomic E-state index is 13.8. The highest BCUT2D eigenvalue weighted by atomic mass is 32.2. The monoisotopic (exact) mass is 430 g/mol. The van der Waals surface area contributed by atoms with Gasteiger partial charge in [-0.3, -0.25) is 0 Å². The Morgan fingerprint density at radius 2 is 1.68 bits per heavy atom. The highest BCUT2D eigenvalue weighted by Crippen LogP contribution is 2.20. The van der Waals surface area contributed by atoms with Crippen LogP contribution in [0, 0.1) is 12.7 Å². The first-order valence-electron chi connectivity index (χ1n) is 8.82. The summed E-state index contributed by atoms with van der Waals surface area (Å²) in [5.74, 6) is -0.454. The lowest BCUT2D eigenvalue weighted by Gasteiger charge is -2.21. The lowest BCUT2D eigenvalue weighted by Crippen LogP contribution is -2.38. The Morgan fingerprint density at radius 3 is 2.32 bits per heavy atom. The summed E-state index contributed by atoms with van der Waals surface area (Å²) >= 11 is 0. The molecule has 11 heteroatoms. The second-order valence-corrected chi connectivity index (χ2v) is 10.6. The average Bonchev–Trinajstić information content (AvgIpc) is 2.84. The normalized spacial score (nSPS) is 17.5. The van der Waals surface area contributed by atoms with E-state index in [4.69, 9.17) is 0 Å². The molecule has 2 aromatic rings. The summed E-state index contributed by atoms with van der Waals surface area (Å²) in [5, 5.41) is -0.0461. The molecule has 0 N–H and O–H groups in total. The fraction of sp³-hybridized carbons (Fsp3) is 0.471. The van der Waals surface area contributed by atoms with Gasteiger partial charge in [0.1, 0.15) is 11.6 Å². The quantitative estimate of drug-likeness (QED) is 0.708. The number of rotatable bonds is 5.